The molecule has 2 amide bonds. The molecular weight excluding hydrogens is 340 g/mol. The van der Waals surface area contributed by atoms with Crippen LogP contribution in [0.15, 0.2) is 54.6 Å². The third kappa shape index (κ3) is 4.88. The topological polar surface area (TPSA) is 58.6 Å². The van der Waals surface area contributed by atoms with Crippen molar-refractivity contribution in [2.75, 3.05) is 18.6 Å². The number of benzene rings is 2. The Kier molecular flexibility index (Phi) is 6.12. The van der Waals surface area contributed by atoms with Gasteiger partial charge in [0.1, 0.15) is 5.75 Å². The third-order valence-electron chi connectivity index (χ3n) is 4.98. The summed E-state index contributed by atoms with van der Waals surface area (Å²) in [6.07, 6.45) is 2.05. The Hall–Kier alpha value is -2.82. The number of amides is 2. The first kappa shape index (κ1) is 19.0. The van der Waals surface area contributed by atoms with Crippen LogP contribution in [-0.4, -0.2) is 31.5 Å². The van der Waals surface area contributed by atoms with Crippen LogP contribution < -0.4 is 15.0 Å². The zero-order valence-electron chi connectivity index (χ0n) is 15.9. The van der Waals surface area contributed by atoms with Gasteiger partial charge in [0, 0.05) is 24.7 Å². The van der Waals surface area contributed by atoms with E-state index in [1.165, 1.54) is 5.56 Å². The third-order valence-corrected chi connectivity index (χ3v) is 4.98. The van der Waals surface area contributed by atoms with Gasteiger partial charge in [-0.3, -0.25) is 9.59 Å². The van der Waals surface area contributed by atoms with Gasteiger partial charge in [-0.1, -0.05) is 30.3 Å². The number of ether oxygens (including phenoxy) is 1. The highest BCUT2D eigenvalue weighted by atomic mass is 16.5. The van der Waals surface area contributed by atoms with Gasteiger partial charge >= 0.3 is 0 Å². The summed E-state index contributed by atoms with van der Waals surface area (Å²) in [6.45, 7) is 2.43. The summed E-state index contributed by atoms with van der Waals surface area (Å²) in [4.78, 5) is 26.6. The van der Waals surface area contributed by atoms with Crippen molar-refractivity contribution < 1.29 is 14.3 Å². The SMILES string of the molecule is COc1ccc(N2C[C@H](C(=O)N[C@@H](C)CCc3ccccc3)CC2=O)cc1. The second kappa shape index (κ2) is 8.71. The molecule has 5 heteroatoms. The van der Waals surface area contributed by atoms with Crippen molar-refractivity contribution in [3.63, 3.8) is 0 Å². The minimum Gasteiger partial charge on any atom is -0.497 e. The highest BCUT2D eigenvalue weighted by molar-refractivity contribution is 6.00. The van der Waals surface area contributed by atoms with Crippen LogP contribution in [0.1, 0.15) is 25.3 Å². The fraction of sp³-hybridized carbons (Fsp3) is 0.364. The first-order chi connectivity index (χ1) is 13.1. The lowest BCUT2D eigenvalue weighted by atomic mass is 10.0. The molecule has 0 unspecified atom stereocenters. The molecule has 0 aromatic heterocycles. The molecule has 1 saturated heterocycles. The number of hydrogen-bond acceptors (Lipinski definition) is 3. The first-order valence-corrected chi connectivity index (χ1v) is 9.35. The number of carbonyl (C=O) groups excluding carboxylic acids is 2. The van der Waals surface area contributed by atoms with Crippen molar-refractivity contribution in [2.24, 2.45) is 5.92 Å². The lowest BCUT2D eigenvalue weighted by Crippen LogP contribution is -2.38. The Bertz CT molecular complexity index is 774. The van der Waals surface area contributed by atoms with Crippen molar-refractivity contribution in [2.45, 2.75) is 32.2 Å². The second-order valence-electron chi connectivity index (χ2n) is 7.04. The molecule has 1 aliphatic rings. The molecule has 5 nitrogen and oxygen atoms in total. The molecule has 1 heterocycles. The van der Waals surface area contributed by atoms with Crippen molar-refractivity contribution in [1.82, 2.24) is 5.32 Å². The quantitative estimate of drug-likeness (QED) is 0.819. The van der Waals surface area contributed by atoms with Gasteiger partial charge in [0.25, 0.3) is 0 Å². The zero-order chi connectivity index (χ0) is 19.2. The zero-order valence-corrected chi connectivity index (χ0v) is 15.9. The molecule has 142 valence electrons. The van der Waals surface area contributed by atoms with Crippen molar-refractivity contribution in [3.8, 4) is 5.75 Å². The van der Waals surface area contributed by atoms with E-state index in [1.54, 1.807) is 12.0 Å². The van der Waals surface area contributed by atoms with Crippen molar-refractivity contribution in [3.05, 3.63) is 60.2 Å². The van der Waals surface area contributed by atoms with Gasteiger partial charge < -0.3 is 15.0 Å². The van der Waals surface area contributed by atoms with Gasteiger partial charge in [0.05, 0.1) is 13.0 Å². The monoisotopic (exact) mass is 366 g/mol. The van der Waals surface area contributed by atoms with Crippen LogP contribution in [0.2, 0.25) is 0 Å². The number of carbonyl (C=O) groups is 2. The number of methoxy groups -OCH3 is 1. The molecule has 0 radical (unpaired) electrons. The van der Waals surface area contributed by atoms with E-state index in [4.69, 9.17) is 4.74 Å². The minimum absolute atomic E-state index is 0.0164. The van der Waals surface area contributed by atoms with E-state index in [2.05, 4.69) is 17.4 Å². The van der Waals surface area contributed by atoms with E-state index in [-0.39, 0.29) is 30.2 Å². The van der Waals surface area contributed by atoms with E-state index < -0.39 is 0 Å². The fourth-order valence-electron chi connectivity index (χ4n) is 3.36. The van der Waals surface area contributed by atoms with Crippen LogP contribution in [0.25, 0.3) is 0 Å². The maximum Gasteiger partial charge on any atom is 0.227 e. The molecule has 2 atom stereocenters. The number of rotatable bonds is 7. The molecule has 3 rings (SSSR count). The van der Waals surface area contributed by atoms with E-state index in [0.717, 1.165) is 24.3 Å². The Labute approximate surface area is 160 Å². The van der Waals surface area contributed by atoms with Gasteiger partial charge in [0.15, 0.2) is 0 Å². The Morgan fingerprint density at radius 3 is 2.56 bits per heavy atom. The molecule has 1 aliphatic heterocycles. The van der Waals surface area contributed by atoms with Gasteiger partial charge in [0.2, 0.25) is 11.8 Å². The van der Waals surface area contributed by atoms with Gasteiger partial charge in [-0.2, -0.15) is 0 Å². The van der Waals surface area contributed by atoms with Crippen LogP contribution in [0.3, 0.4) is 0 Å². The van der Waals surface area contributed by atoms with Crippen molar-refractivity contribution >= 4 is 17.5 Å². The maximum absolute atomic E-state index is 12.6. The summed E-state index contributed by atoms with van der Waals surface area (Å²) in [5, 5.41) is 3.07. The largest absolute Gasteiger partial charge is 0.497 e. The average molecular weight is 366 g/mol. The number of hydrogen-bond donors (Lipinski definition) is 1. The summed E-state index contributed by atoms with van der Waals surface area (Å²) in [7, 11) is 1.61. The molecule has 0 aliphatic carbocycles. The predicted octanol–water partition coefficient (Wildman–Crippen LogP) is 3.19. The molecule has 27 heavy (non-hydrogen) atoms. The smallest absolute Gasteiger partial charge is 0.227 e. The van der Waals surface area contributed by atoms with Gasteiger partial charge in [-0.15, -0.1) is 0 Å². The van der Waals surface area contributed by atoms with E-state index >= 15 is 0 Å². The molecule has 2 aromatic rings. The predicted molar refractivity (Wildman–Crippen MR) is 106 cm³/mol. The van der Waals surface area contributed by atoms with Crippen LogP contribution in [-0.2, 0) is 16.0 Å². The van der Waals surface area contributed by atoms with E-state index in [9.17, 15) is 9.59 Å². The molecular formula is C22H26N2O3. The molecule has 0 bridgehead atoms. The highest BCUT2D eigenvalue weighted by Gasteiger charge is 2.35. The van der Waals surface area contributed by atoms with Gasteiger partial charge in [-0.05, 0) is 49.6 Å². The van der Waals surface area contributed by atoms with Gasteiger partial charge in [-0.25, -0.2) is 0 Å². The first-order valence-electron chi connectivity index (χ1n) is 9.35. The average Bonchev–Trinajstić information content (AvgIpc) is 3.09. The maximum atomic E-state index is 12.6. The lowest BCUT2D eigenvalue weighted by molar-refractivity contribution is -0.126. The number of anilines is 1. The summed E-state index contributed by atoms with van der Waals surface area (Å²) < 4.78 is 5.15. The minimum atomic E-state index is -0.307. The molecule has 2 aromatic carbocycles. The lowest BCUT2D eigenvalue weighted by Gasteiger charge is -2.19. The normalized spacial score (nSPS) is 17.6. The fourth-order valence-corrected chi connectivity index (χ4v) is 3.36. The summed E-state index contributed by atoms with van der Waals surface area (Å²) in [6, 6.07) is 17.6. The van der Waals surface area contributed by atoms with Crippen LogP contribution >= 0.6 is 0 Å². The summed E-state index contributed by atoms with van der Waals surface area (Å²) in [5.41, 5.74) is 2.06. The van der Waals surface area contributed by atoms with Crippen LogP contribution in [0.5, 0.6) is 5.75 Å². The van der Waals surface area contributed by atoms with Crippen LogP contribution in [0.4, 0.5) is 5.69 Å². The molecule has 1 N–H and O–H groups in total. The molecule has 0 saturated carbocycles. The summed E-state index contributed by atoms with van der Waals surface area (Å²) >= 11 is 0. The molecule has 0 spiro atoms. The van der Waals surface area contributed by atoms with E-state index in [1.807, 2.05) is 49.4 Å². The highest BCUT2D eigenvalue weighted by Crippen LogP contribution is 2.27. The van der Waals surface area contributed by atoms with Crippen molar-refractivity contribution in [1.29, 1.82) is 0 Å². The number of nitrogens with zero attached hydrogens (tertiary/aromatic N) is 1. The second-order valence-corrected chi connectivity index (χ2v) is 7.04. The van der Waals surface area contributed by atoms with E-state index in [0.29, 0.717) is 6.54 Å². The Morgan fingerprint density at radius 1 is 1.19 bits per heavy atom. The number of aryl methyl sites for hydroxylation is 1. The standard InChI is InChI=1S/C22H26N2O3/c1-16(8-9-17-6-4-3-5-7-17)23-22(26)18-14-21(25)24(15-18)19-10-12-20(27-2)13-11-19/h3-7,10-13,16,18H,8-9,14-15H2,1-2H3,(H,23,26)/t16-,18+/m0/s1. The molecule has 1 fully saturated rings. The Balaban J connectivity index is 1.52. The Morgan fingerprint density at radius 2 is 1.89 bits per heavy atom. The summed E-state index contributed by atoms with van der Waals surface area (Å²) in [5.74, 6) is 0.378. The number of nitrogens with one attached hydrogen (secondary N) is 1. The van der Waals surface area contributed by atoms with Crippen LogP contribution in [0, 0.1) is 5.92 Å².